The second-order valence-electron chi connectivity index (χ2n) is 5.44. The molecule has 3 aromatic rings. The lowest BCUT2D eigenvalue weighted by molar-refractivity contribution is 0.171. The number of aromatic nitrogens is 2. The van der Waals surface area contributed by atoms with Gasteiger partial charge in [0.25, 0.3) is 0 Å². The van der Waals surface area contributed by atoms with Gasteiger partial charge >= 0.3 is 5.76 Å². The lowest BCUT2D eigenvalue weighted by Crippen LogP contribution is -2.18. The Morgan fingerprint density at radius 3 is 2.72 bits per heavy atom. The topological polar surface area (TPSA) is 66.5 Å². The molecular weight excluding hydrogens is 351 g/mol. The van der Waals surface area contributed by atoms with E-state index in [1.165, 1.54) is 28.9 Å². The molecule has 0 N–H and O–H groups in total. The number of ether oxygens (including phenoxy) is 2. The minimum atomic E-state index is -0.620. The molecule has 4 rings (SSSR count). The van der Waals surface area contributed by atoms with E-state index in [-0.39, 0.29) is 18.3 Å². The van der Waals surface area contributed by atoms with Gasteiger partial charge in [0, 0.05) is 5.56 Å². The summed E-state index contributed by atoms with van der Waals surface area (Å²) in [5.74, 6) is 0.149. The number of nitrogens with zero attached hydrogens (tertiary/aromatic N) is 2. The molecule has 0 fully saturated rings. The smallest absolute Gasteiger partial charge is 0.437 e. The lowest BCUT2D eigenvalue weighted by Gasteiger charge is -2.20. The van der Waals surface area contributed by atoms with Crippen molar-refractivity contribution < 1.29 is 18.3 Å². The van der Waals surface area contributed by atoms with Gasteiger partial charge in [0.05, 0.1) is 11.6 Å². The summed E-state index contributed by atoms with van der Waals surface area (Å²) in [5.41, 5.74) is 1.23. The molecule has 0 saturated carbocycles. The quantitative estimate of drug-likeness (QED) is 0.716. The lowest BCUT2D eigenvalue weighted by atomic mass is 10.2. The van der Waals surface area contributed by atoms with E-state index in [2.05, 4.69) is 5.10 Å². The zero-order valence-electron chi connectivity index (χ0n) is 12.9. The molecular formula is C17H12ClFN2O4. The third-order valence-electron chi connectivity index (χ3n) is 3.69. The van der Waals surface area contributed by atoms with Crippen molar-refractivity contribution in [3.05, 3.63) is 63.4 Å². The molecule has 0 unspecified atom stereocenters. The number of fused-ring (bicyclic) bond motifs is 1. The first-order valence-corrected chi connectivity index (χ1v) is 7.90. The number of halogens is 2. The summed E-state index contributed by atoms with van der Waals surface area (Å²) in [5, 5.41) is 4.55. The van der Waals surface area contributed by atoms with Crippen molar-refractivity contribution in [2.24, 2.45) is 0 Å². The summed E-state index contributed by atoms with van der Waals surface area (Å²) < 4.78 is 30.3. The predicted molar refractivity (Wildman–Crippen MR) is 87.7 cm³/mol. The summed E-state index contributed by atoms with van der Waals surface area (Å²) in [7, 11) is 0. The van der Waals surface area contributed by atoms with Gasteiger partial charge in [0.1, 0.15) is 19.0 Å². The van der Waals surface area contributed by atoms with Crippen LogP contribution in [0.25, 0.3) is 11.5 Å². The van der Waals surface area contributed by atoms with Crippen molar-refractivity contribution in [3.8, 4) is 23.0 Å². The SMILES string of the molecule is O=c1oc(-c2ccc(F)cc2)nn1Cc1cc(Cl)c2c(c1)OCCO2. The molecule has 0 bridgehead atoms. The van der Waals surface area contributed by atoms with E-state index in [1.54, 1.807) is 12.1 Å². The minimum absolute atomic E-state index is 0.119. The summed E-state index contributed by atoms with van der Waals surface area (Å²) >= 11 is 6.20. The Morgan fingerprint density at radius 1 is 1.16 bits per heavy atom. The largest absolute Gasteiger partial charge is 0.486 e. The molecule has 0 spiro atoms. The molecule has 1 aromatic heterocycles. The van der Waals surface area contributed by atoms with Gasteiger partial charge in [0.2, 0.25) is 5.89 Å². The van der Waals surface area contributed by atoms with Crippen molar-refractivity contribution in [1.29, 1.82) is 0 Å². The van der Waals surface area contributed by atoms with Crippen molar-refractivity contribution in [2.75, 3.05) is 13.2 Å². The fourth-order valence-corrected chi connectivity index (χ4v) is 2.83. The molecule has 2 aromatic carbocycles. The number of benzene rings is 2. The predicted octanol–water partition coefficient (Wildman–Crippen LogP) is 3.12. The molecule has 8 heteroatoms. The normalized spacial score (nSPS) is 13.0. The maximum Gasteiger partial charge on any atom is 0.437 e. The van der Waals surface area contributed by atoms with Crippen molar-refractivity contribution in [2.45, 2.75) is 6.54 Å². The summed E-state index contributed by atoms with van der Waals surface area (Å²) in [6.07, 6.45) is 0. The van der Waals surface area contributed by atoms with Crippen LogP contribution >= 0.6 is 11.6 Å². The summed E-state index contributed by atoms with van der Waals surface area (Å²) in [6, 6.07) is 8.97. The van der Waals surface area contributed by atoms with E-state index in [1.807, 2.05) is 0 Å². The van der Waals surface area contributed by atoms with Crippen molar-refractivity contribution in [3.63, 3.8) is 0 Å². The van der Waals surface area contributed by atoms with Gasteiger partial charge in [-0.1, -0.05) is 11.6 Å². The summed E-state index contributed by atoms with van der Waals surface area (Å²) in [4.78, 5) is 12.0. The Labute approximate surface area is 146 Å². The van der Waals surface area contributed by atoms with Gasteiger partial charge < -0.3 is 13.9 Å². The fourth-order valence-electron chi connectivity index (χ4n) is 2.54. The highest BCUT2D eigenvalue weighted by Gasteiger charge is 2.18. The maximum atomic E-state index is 13.0. The van der Waals surface area contributed by atoms with Crippen LogP contribution in [-0.2, 0) is 6.54 Å². The second kappa shape index (κ2) is 6.25. The van der Waals surface area contributed by atoms with E-state index >= 15 is 0 Å². The Hall–Kier alpha value is -2.80. The zero-order chi connectivity index (χ0) is 17.4. The van der Waals surface area contributed by atoms with Crippen LogP contribution in [-0.4, -0.2) is 23.0 Å². The van der Waals surface area contributed by atoms with Gasteiger partial charge in [0.15, 0.2) is 11.5 Å². The molecule has 2 heterocycles. The van der Waals surface area contributed by atoms with Gasteiger partial charge in [-0.3, -0.25) is 0 Å². The Morgan fingerprint density at radius 2 is 1.92 bits per heavy atom. The number of hydrogen-bond acceptors (Lipinski definition) is 5. The molecule has 0 atom stereocenters. The Balaban J connectivity index is 1.64. The molecule has 0 aliphatic carbocycles. The standard InChI is InChI=1S/C17H12ClFN2O4/c18-13-7-10(8-14-15(13)24-6-5-23-14)9-21-17(22)25-16(20-21)11-1-3-12(19)4-2-11/h1-4,7-8H,5-6,9H2. The number of rotatable bonds is 3. The first-order valence-electron chi connectivity index (χ1n) is 7.52. The molecule has 6 nitrogen and oxygen atoms in total. The molecule has 0 radical (unpaired) electrons. The highest BCUT2D eigenvalue weighted by atomic mass is 35.5. The molecule has 128 valence electrons. The molecule has 25 heavy (non-hydrogen) atoms. The zero-order valence-corrected chi connectivity index (χ0v) is 13.6. The van der Waals surface area contributed by atoms with Gasteiger partial charge in [-0.05, 0) is 42.0 Å². The summed E-state index contributed by atoms with van der Waals surface area (Å²) in [6.45, 7) is 1.03. The Kier molecular flexibility index (Phi) is 3.93. The number of hydrogen-bond donors (Lipinski definition) is 0. The first-order chi connectivity index (χ1) is 12.1. The average molecular weight is 363 g/mol. The van der Waals surface area contributed by atoms with Crippen LogP contribution in [0.2, 0.25) is 5.02 Å². The Bertz CT molecular complexity index is 981. The monoisotopic (exact) mass is 362 g/mol. The molecule has 0 amide bonds. The molecule has 1 aliphatic rings. The van der Waals surface area contributed by atoms with E-state index in [4.69, 9.17) is 25.5 Å². The van der Waals surface area contributed by atoms with E-state index in [0.717, 1.165) is 5.56 Å². The van der Waals surface area contributed by atoms with Gasteiger partial charge in [-0.15, -0.1) is 5.10 Å². The van der Waals surface area contributed by atoms with Crippen LogP contribution in [0, 0.1) is 5.82 Å². The van der Waals surface area contributed by atoms with Gasteiger partial charge in [-0.2, -0.15) is 4.68 Å². The third-order valence-corrected chi connectivity index (χ3v) is 3.97. The minimum Gasteiger partial charge on any atom is -0.486 e. The van der Waals surface area contributed by atoms with Crippen molar-refractivity contribution >= 4 is 11.6 Å². The fraction of sp³-hybridized carbons (Fsp3) is 0.176. The van der Waals surface area contributed by atoms with Gasteiger partial charge in [-0.25, -0.2) is 9.18 Å². The highest BCUT2D eigenvalue weighted by molar-refractivity contribution is 6.32. The van der Waals surface area contributed by atoms with Crippen LogP contribution in [0.15, 0.2) is 45.6 Å². The first kappa shape index (κ1) is 15.7. The van der Waals surface area contributed by atoms with Crippen LogP contribution in [0.3, 0.4) is 0 Å². The molecule has 1 aliphatic heterocycles. The maximum absolute atomic E-state index is 13.0. The molecule has 0 saturated heterocycles. The van der Waals surface area contributed by atoms with Crippen LogP contribution in [0.4, 0.5) is 4.39 Å². The van der Waals surface area contributed by atoms with E-state index in [9.17, 15) is 9.18 Å². The van der Waals surface area contributed by atoms with E-state index < -0.39 is 5.76 Å². The van der Waals surface area contributed by atoms with Crippen molar-refractivity contribution in [1.82, 2.24) is 9.78 Å². The van der Waals surface area contributed by atoms with Crippen LogP contribution in [0.1, 0.15) is 5.56 Å². The van der Waals surface area contributed by atoms with Crippen LogP contribution in [0.5, 0.6) is 11.5 Å². The second-order valence-corrected chi connectivity index (χ2v) is 5.85. The highest BCUT2D eigenvalue weighted by Crippen LogP contribution is 2.38. The third kappa shape index (κ3) is 3.10. The van der Waals surface area contributed by atoms with E-state index in [0.29, 0.717) is 35.3 Å². The average Bonchev–Trinajstić information content (AvgIpc) is 2.96. The van der Waals surface area contributed by atoms with Crippen LogP contribution < -0.4 is 15.2 Å².